The van der Waals surface area contributed by atoms with Crippen LogP contribution in [0.2, 0.25) is 0 Å². The summed E-state index contributed by atoms with van der Waals surface area (Å²) in [7, 11) is 0. The largest absolute Gasteiger partial charge is 2.00 e. The van der Waals surface area contributed by atoms with E-state index in [1.807, 2.05) is 0 Å². The number of rotatable bonds is 0. The van der Waals surface area contributed by atoms with Crippen LogP contribution in [-0.2, 0) is 0 Å². The summed E-state index contributed by atoms with van der Waals surface area (Å²) < 4.78 is 0. The molecule has 0 saturated carbocycles. The van der Waals surface area contributed by atoms with Crippen LogP contribution in [0.5, 0.6) is 0 Å². The first kappa shape index (κ1) is 16.0. The third kappa shape index (κ3) is 171000. The standard InChI is InChI=1S/CH2O3.Ba.NO3/c2-1(3)4;;2-1(3)4/h(H2,2,3,4);;/q;+2;-1/p-1. The summed E-state index contributed by atoms with van der Waals surface area (Å²) in [6.07, 6.45) is -2.08. The van der Waals surface area contributed by atoms with Crippen LogP contribution >= 0.6 is 0 Å². The molecule has 0 atom stereocenters. The van der Waals surface area contributed by atoms with Gasteiger partial charge in [0.05, 0.1) is 5.09 Å². The second-order valence-electron chi connectivity index (χ2n) is 0.490. The molecule has 0 aromatic heterocycles. The van der Waals surface area contributed by atoms with Crippen molar-refractivity contribution in [2.45, 2.75) is 0 Å². The van der Waals surface area contributed by atoms with Gasteiger partial charge in [-0.1, -0.05) is 0 Å². The molecule has 0 unspecified atom stereocenters. The number of nitrogens with zero attached hydrogens (tertiary/aromatic N) is 1. The average molecular weight is 260 g/mol. The van der Waals surface area contributed by atoms with Crippen molar-refractivity contribution < 1.29 is 20.1 Å². The molecular weight excluding hydrogens is 259 g/mol. The summed E-state index contributed by atoms with van der Waals surface area (Å²) >= 11 is 0. The SMILES string of the molecule is O=C([O-])O.O=[N+]([O-])[O-].[Ba+2]. The zero-order valence-corrected chi connectivity index (χ0v) is 8.58. The maximum absolute atomic E-state index is 8.44. The van der Waals surface area contributed by atoms with Gasteiger partial charge in [-0.05, 0) is 0 Å². The molecule has 48 valence electrons. The van der Waals surface area contributed by atoms with E-state index in [2.05, 4.69) is 0 Å². The summed E-state index contributed by atoms with van der Waals surface area (Å²) in [5.41, 5.74) is 0. The van der Waals surface area contributed by atoms with Crippen LogP contribution in [0.3, 0.4) is 0 Å². The molecule has 0 amide bonds. The summed E-state index contributed by atoms with van der Waals surface area (Å²) in [6, 6.07) is 0. The van der Waals surface area contributed by atoms with Crippen molar-refractivity contribution in [3.05, 3.63) is 15.3 Å². The minimum atomic E-state index is -2.08. The molecule has 0 fully saturated rings. The van der Waals surface area contributed by atoms with Crippen molar-refractivity contribution in [1.29, 1.82) is 0 Å². The Balaban J connectivity index is -0.0000000720. The molecule has 0 aliphatic rings. The Labute approximate surface area is 89.5 Å². The van der Waals surface area contributed by atoms with Crippen molar-refractivity contribution >= 4 is 55.0 Å². The predicted octanol–water partition coefficient (Wildman–Crippen LogP) is -1.73. The van der Waals surface area contributed by atoms with E-state index < -0.39 is 11.2 Å². The van der Waals surface area contributed by atoms with Gasteiger partial charge in [-0.2, -0.15) is 0 Å². The van der Waals surface area contributed by atoms with E-state index in [-0.39, 0.29) is 48.9 Å². The molecule has 9 heavy (non-hydrogen) atoms. The number of carbonyl (C=O) groups is 1. The Bertz CT molecular complexity index is 71.1. The van der Waals surface area contributed by atoms with Gasteiger partial charge < -0.3 is 30.3 Å². The Kier molecular flexibility index (Phi) is 19.4. The van der Waals surface area contributed by atoms with Gasteiger partial charge in [0.2, 0.25) is 6.16 Å². The van der Waals surface area contributed by atoms with Crippen LogP contribution in [-0.4, -0.2) is 65.2 Å². The minimum Gasteiger partial charge on any atom is -0.565 e. The molecule has 0 heterocycles. The smallest absolute Gasteiger partial charge is 0.565 e. The first-order valence-electron chi connectivity index (χ1n) is 1.18. The fourth-order valence-electron chi connectivity index (χ4n) is 0. The predicted molar refractivity (Wildman–Crippen MR) is 24.1 cm³/mol. The van der Waals surface area contributed by atoms with Gasteiger partial charge in [-0.25, -0.2) is 0 Å². The first-order chi connectivity index (χ1) is 3.46. The van der Waals surface area contributed by atoms with Crippen molar-refractivity contribution in [3.63, 3.8) is 0 Å². The third-order valence-electron chi connectivity index (χ3n) is 0. The monoisotopic (exact) mass is 261 g/mol. The summed E-state index contributed by atoms with van der Waals surface area (Å²) in [5, 5.41) is 30.1. The van der Waals surface area contributed by atoms with E-state index in [9.17, 15) is 0 Å². The maximum Gasteiger partial charge on any atom is 2.00 e. The Morgan fingerprint density at radius 1 is 1.44 bits per heavy atom. The van der Waals surface area contributed by atoms with Crippen molar-refractivity contribution in [1.82, 2.24) is 0 Å². The van der Waals surface area contributed by atoms with Crippen molar-refractivity contribution in [3.8, 4) is 0 Å². The zero-order chi connectivity index (χ0) is 7.15. The molecule has 0 radical (unpaired) electrons. The quantitative estimate of drug-likeness (QED) is 0.313. The van der Waals surface area contributed by atoms with Gasteiger partial charge in [-0.15, -0.1) is 0 Å². The Morgan fingerprint density at radius 2 is 1.44 bits per heavy atom. The fourth-order valence-corrected chi connectivity index (χ4v) is 0. The van der Waals surface area contributed by atoms with E-state index in [0.29, 0.717) is 0 Å². The van der Waals surface area contributed by atoms with E-state index in [1.165, 1.54) is 0 Å². The normalized spacial score (nSPS) is 5.33. The first-order valence-corrected chi connectivity index (χ1v) is 1.18. The molecule has 0 rings (SSSR count). The molecular formula is CHBaNO6. The average Bonchev–Trinajstić information content (AvgIpc) is 1.25. The molecule has 0 aromatic carbocycles. The van der Waals surface area contributed by atoms with Gasteiger partial charge in [-0.3, -0.25) is 0 Å². The van der Waals surface area contributed by atoms with E-state index >= 15 is 0 Å². The molecule has 0 aromatic rings. The zero-order valence-electron chi connectivity index (χ0n) is 4.14. The van der Waals surface area contributed by atoms with Crippen molar-refractivity contribution in [2.24, 2.45) is 0 Å². The van der Waals surface area contributed by atoms with Gasteiger partial charge in [0.15, 0.2) is 0 Å². The molecule has 7 nitrogen and oxygen atoms in total. The molecule has 0 aliphatic carbocycles. The van der Waals surface area contributed by atoms with Crippen molar-refractivity contribution in [2.75, 3.05) is 0 Å². The van der Waals surface area contributed by atoms with Crippen LogP contribution in [0.4, 0.5) is 4.79 Å². The number of hydrogen-bond acceptors (Lipinski definition) is 5. The summed E-state index contributed by atoms with van der Waals surface area (Å²) in [4.78, 5) is 16.7. The van der Waals surface area contributed by atoms with Gasteiger partial charge in [0.1, 0.15) is 0 Å². The van der Waals surface area contributed by atoms with Crippen LogP contribution in [0.25, 0.3) is 0 Å². The molecule has 1 N–H and O–H groups in total. The third-order valence-corrected chi connectivity index (χ3v) is 0. The van der Waals surface area contributed by atoms with Crippen LogP contribution in [0, 0.1) is 15.3 Å². The van der Waals surface area contributed by atoms with E-state index in [4.69, 9.17) is 30.3 Å². The fraction of sp³-hybridized carbons (Fsp3) is 0. The van der Waals surface area contributed by atoms with Crippen LogP contribution < -0.4 is 5.11 Å². The number of hydrogen-bond donors (Lipinski definition) is 1. The Morgan fingerprint density at radius 3 is 1.44 bits per heavy atom. The molecule has 8 heteroatoms. The van der Waals surface area contributed by atoms with E-state index in [1.54, 1.807) is 0 Å². The summed E-state index contributed by atoms with van der Waals surface area (Å²) in [6.45, 7) is 0. The summed E-state index contributed by atoms with van der Waals surface area (Å²) in [5.74, 6) is 0. The second-order valence-corrected chi connectivity index (χ2v) is 0.490. The molecule has 0 saturated heterocycles. The topological polar surface area (TPSA) is 127 Å². The maximum atomic E-state index is 8.44. The van der Waals surface area contributed by atoms with Gasteiger partial charge >= 0.3 is 48.9 Å². The van der Waals surface area contributed by atoms with E-state index in [0.717, 1.165) is 0 Å². The second kappa shape index (κ2) is 10.9. The van der Waals surface area contributed by atoms with Crippen LogP contribution in [0.1, 0.15) is 0 Å². The Hall–Kier alpha value is 0.0414. The van der Waals surface area contributed by atoms with Crippen LogP contribution in [0.15, 0.2) is 0 Å². The van der Waals surface area contributed by atoms with Gasteiger partial charge in [0.25, 0.3) is 0 Å². The minimum absolute atomic E-state index is 0. The molecule has 0 spiro atoms. The molecule has 0 bridgehead atoms. The number of carboxylic acid groups (broad SMARTS) is 2. The van der Waals surface area contributed by atoms with Gasteiger partial charge in [0, 0.05) is 0 Å². The molecule has 0 aliphatic heterocycles.